The molecule has 0 aliphatic carbocycles. The Morgan fingerprint density at radius 2 is 2.00 bits per heavy atom. The molecule has 1 heterocycles. The van der Waals surface area contributed by atoms with Crippen molar-refractivity contribution in [2.75, 3.05) is 11.4 Å². The SMILES string of the molecule is CCn1cc(C#N)c(=O)n(CC(=O)N(CCC#N)c2ccc(Cl)c(C)c2)c1=O. The van der Waals surface area contributed by atoms with Crippen LogP contribution in [0.25, 0.3) is 0 Å². The fraction of sp³-hybridized carbons (Fsp3) is 0.316. The van der Waals surface area contributed by atoms with E-state index in [1.807, 2.05) is 6.07 Å². The van der Waals surface area contributed by atoms with Gasteiger partial charge in [0, 0.05) is 30.0 Å². The van der Waals surface area contributed by atoms with E-state index in [1.165, 1.54) is 15.7 Å². The van der Waals surface area contributed by atoms with Crippen molar-refractivity contribution in [3.63, 3.8) is 0 Å². The van der Waals surface area contributed by atoms with Crippen molar-refractivity contribution in [1.82, 2.24) is 9.13 Å². The van der Waals surface area contributed by atoms with Gasteiger partial charge in [-0.1, -0.05) is 11.6 Å². The van der Waals surface area contributed by atoms with Crippen molar-refractivity contribution in [2.24, 2.45) is 0 Å². The van der Waals surface area contributed by atoms with Crippen molar-refractivity contribution in [2.45, 2.75) is 33.4 Å². The number of rotatable bonds is 6. The second-order valence-corrected chi connectivity index (χ2v) is 6.41. The van der Waals surface area contributed by atoms with E-state index in [4.69, 9.17) is 22.1 Å². The lowest BCUT2D eigenvalue weighted by molar-refractivity contribution is -0.119. The van der Waals surface area contributed by atoms with Crippen molar-refractivity contribution in [3.05, 3.63) is 61.4 Å². The third-order valence-electron chi connectivity index (χ3n) is 4.19. The minimum Gasteiger partial charge on any atom is -0.310 e. The van der Waals surface area contributed by atoms with Gasteiger partial charge in [-0.2, -0.15) is 10.5 Å². The van der Waals surface area contributed by atoms with Gasteiger partial charge in [0.2, 0.25) is 5.91 Å². The number of benzene rings is 1. The van der Waals surface area contributed by atoms with Crippen LogP contribution < -0.4 is 16.1 Å². The number of halogens is 1. The molecule has 9 heteroatoms. The Bertz CT molecular complexity index is 1100. The quantitative estimate of drug-likeness (QED) is 0.735. The molecule has 0 fully saturated rings. The van der Waals surface area contributed by atoms with E-state index in [-0.39, 0.29) is 25.1 Å². The number of carbonyl (C=O) groups excluding carboxylic acids is 1. The van der Waals surface area contributed by atoms with E-state index < -0.39 is 23.7 Å². The van der Waals surface area contributed by atoms with E-state index in [1.54, 1.807) is 38.1 Å². The molecule has 1 aromatic carbocycles. The lowest BCUT2D eigenvalue weighted by Crippen LogP contribution is -2.45. The number of nitrogens with zero attached hydrogens (tertiary/aromatic N) is 5. The first-order valence-electron chi connectivity index (χ1n) is 8.51. The van der Waals surface area contributed by atoms with Gasteiger partial charge in [0.15, 0.2) is 0 Å². The van der Waals surface area contributed by atoms with Crippen LogP contribution in [-0.2, 0) is 17.9 Å². The smallest absolute Gasteiger partial charge is 0.310 e. The molecule has 0 unspecified atom stereocenters. The summed E-state index contributed by atoms with van der Waals surface area (Å²) >= 11 is 6.03. The summed E-state index contributed by atoms with van der Waals surface area (Å²) in [5.74, 6) is -0.547. The zero-order valence-corrected chi connectivity index (χ0v) is 16.2. The number of carbonyl (C=O) groups is 1. The van der Waals surface area contributed by atoms with Crippen LogP contribution in [0.4, 0.5) is 5.69 Å². The largest absolute Gasteiger partial charge is 0.331 e. The summed E-state index contributed by atoms with van der Waals surface area (Å²) in [5, 5.41) is 18.6. The average molecular weight is 400 g/mol. The minimum absolute atomic E-state index is 0.0692. The Kier molecular flexibility index (Phi) is 6.75. The second kappa shape index (κ2) is 9.03. The summed E-state index contributed by atoms with van der Waals surface area (Å²) < 4.78 is 1.94. The lowest BCUT2D eigenvalue weighted by Gasteiger charge is -2.23. The number of anilines is 1. The van der Waals surface area contributed by atoms with Crippen molar-refractivity contribution in [3.8, 4) is 12.1 Å². The molecule has 0 aliphatic heterocycles. The van der Waals surface area contributed by atoms with Gasteiger partial charge in [0.05, 0.1) is 12.5 Å². The van der Waals surface area contributed by atoms with Crippen LogP contribution in [0.3, 0.4) is 0 Å². The predicted octanol–water partition coefficient (Wildman–Crippen LogP) is 1.81. The van der Waals surface area contributed by atoms with Crippen LogP contribution in [0.15, 0.2) is 34.0 Å². The highest BCUT2D eigenvalue weighted by Gasteiger charge is 2.20. The fourth-order valence-corrected chi connectivity index (χ4v) is 2.79. The highest BCUT2D eigenvalue weighted by molar-refractivity contribution is 6.31. The van der Waals surface area contributed by atoms with Crippen LogP contribution in [0.2, 0.25) is 5.02 Å². The van der Waals surface area contributed by atoms with E-state index >= 15 is 0 Å². The van der Waals surface area contributed by atoms with E-state index in [2.05, 4.69) is 0 Å². The summed E-state index contributed by atoms with van der Waals surface area (Å²) in [5.41, 5.74) is -0.473. The minimum atomic E-state index is -0.821. The third kappa shape index (κ3) is 4.30. The summed E-state index contributed by atoms with van der Waals surface area (Å²) in [7, 11) is 0. The van der Waals surface area contributed by atoms with Crippen LogP contribution in [0.1, 0.15) is 24.5 Å². The molecule has 8 nitrogen and oxygen atoms in total. The van der Waals surface area contributed by atoms with Gasteiger partial charge in [0.25, 0.3) is 5.56 Å². The second-order valence-electron chi connectivity index (χ2n) is 6.00. The standard InChI is InChI=1S/C19H18ClN5O3/c1-3-23-11-14(10-22)18(27)25(19(23)28)12-17(26)24(8-4-7-21)15-5-6-16(20)13(2)9-15/h5-6,9,11H,3-4,8,12H2,1-2H3. The molecule has 0 saturated carbocycles. The molecule has 144 valence electrons. The summed E-state index contributed by atoms with van der Waals surface area (Å²) in [4.78, 5) is 39.1. The molecule has 1 aromatic heterocycles. The van der Waals surface area contributed by atoms with Crippen LogP contribution >= 0.6 is 11.6 Å². The Morgan fingerprint density at radius 3 is 2.57 bits per heavy atom. The van der Waals surface area contributed by atoms with Gasteiger partial charge >= 0.3 is 5.69 Å². The maximum absolute atomic E-state index is 12.9. The predicted molar refractivity (Wildman–Crippen MR) is 104 cm³/mol. The maximum atomic E-state index is 12.9. The zero-order chi connectivity index (χ0) is 20.8. The van der Waals surface area contributed by atoms with Crippen LogP contribution in [0, 0.1) is 29.6 Å². The van der Waals surface area contributed by atoms with Crippen LogP contribution in [0.5, 0.6) is 0 Å². The summed E-state index contributed by atoms with van der Waals surface area (Å²) in [6.45, 7) is 3.26. The molecule has 0 aliphatic rings. The monoisotopic (exact) mass is 399 g/mol. The van der Waals surface area contributed by atoms with Crippen molar-refractivity contribution in [1.29, 1.82) is 10.5 Å². The highest BCUT2D eigenvalue weighted by Crippen LogP contribution is 2.23. The molecule has 0 N–H and O–H groups in total. The van der Waals surface area contributed by atoms with E-state index in [0.29, 0.717) is 10.7 Å². The first-order chi connectivity index (χ1) is 13.3. The maximum Gasteiger partial charge on any atom is 0.331 e. The van der Waals surface area contributed by atoms with Crippen molar-refractivity contribution >= 4 is 23.2 Å². The first kappa shape index (κ1) is 20.9. The molecule has 1 amide bonds. The number of aromatic nitrogens is 2. The van der Waals surface area contributed by atoms with Gasteiger partial charge in [-0.15, -0.1) is 0 Å². The van der Waals surface area contributed by atoms with Gasteiger partial charge in [-0.3, -0.25) is 14.2 Å². The normalized spacial score (nSPS) is 10.2. The molecular weight excluding hydrogens is 382 g/mol. The molecule has 28 heavy (non-hydrogen) atoms. The fourth-order valence-electron chi connectivity index (χ4n) is 2.67. The van der Waals surface area contributed by atoms with Crippen molar-refractivity contribution < 1.29 is 4.79 Å². The van der Waals surface area contributed by atoms with Crippen LogP contribution in [-0.4, -0.2) is 21.6 Å². The molecule has 0 saturated heterocycles. The highest BCUT2D eigenvalue weighted by atomic mass is 35.5. The number of hydrogen-bond donors (Lipinski definition) is 0. The van der Waals surface area contributed by atoms with Gasteiger partial charge < -0.3 is 4.90 Å². The zero-order valence-electron chi connectivity index (χ0n) is 15.5. The Balaban J connectivity index is 2.48. The summed E-state index contributed by atoms with van der Waals surface area (Å²) in [6, 6.07) is 8.67. The van der Waals surface area contributed by atoms with E-state index in [9.17, 15) is 14.4 Å². The number of nitriles is 2. The molecule has 0 bridgehead atoms. The van der Waals surface area contributed by atoms with Gasteiger partial charge in [-0.05, 0) is 37.6 Å². The molecule has 2 aromatic rings. The number of amides is 1. The van der Waals surface area contributed by atoms with Gasteiger partial charge in [0.1, 0.15) is 18.2 Å². The molecule has 0 radical (unpaired) electrons. The number of hydrogen-bond acceptors (Lipinski definition) is 5. The topological polar surface area (TPSA) is 112 Å². The Morgan fingerprint density at radius 1 is 1.29 bits per heavy atom. The Hall–Kier alpha value is -3.36. The van der Waals surface area contributed by atoms with Gasteiger partial charge in [-0.25, -0.2) is 9.36 Å². The lowest BCUT2D eigenvalue weighted by atomic mass is 10.2. The molecule has 2 rings (SSSR count). The average Bonchev–Trinajstić information content (AvgIpc) is 2.68. The van der Waals surface area contributed by atoms with E-state index in [0.717, 1.165) is 10.1 Å². The summed E-state index contributed by atoms with van der Waals surface area (Å²) in [6.07, 6.45) is 1.25. The molecule has 0 spiro atoms. The third-order valence-corrected chi connectivity index (χ3v) is 4.62. The molecule has 0 atom stereocenters. The number of aryl methyl sites for hydroxylation is 2. The molecular formula is C19H18ClN5O3. The Labute approximate surface area is 166 Å². The first-order valence-corrected chi connectivity index (χ1v) is 8.89.